The lowest BCUT2D eigenvalue weighted by Crippen LogP contribution is -2.44. The van der Waals surface area contributed by atoms with E-state index >= 15 is 0 Å². The van der Waals surface area contributed by atoms with Gasteiger partial charge in [-0.3, -0.25) is 14.0 Å². The number of ether oxygens (including phenoxy) is 1. The van der Waals surface area contributed by atoms with E-state index in [4.69, 9.17) is 4.74 Å². The van der Waals surface area contributed by atoms with Gasteiger partial charge in [0.2, 0.25) is 5.91 Å². The molecule has 0 bridgehead atoms. The van der Waals surface area contributed by atoms with E-state index in [-0.39, 0.29) is 35.9 Å². The summed E-state index contributed by atoms with van der Waals surface area (Å²) in [6, 6.07) is 10.3. The third kappa shape index (κ3) is 6.47. The van der Waals surface area contributed by atoms with Gasteiger partial charge in [0.15, 0.2) is 23.0 Å². The number of rotatable bonds is 9. The van der Waals surface area contributed by atoms with Crippen LogP contribution in [0.5, 0.6) is 5.75 Å². The number of carbonyl (C=O) groups is 2. The molecule has 3 heterocycles. The number of halogens is 2. The van der Waals surface area contributed by atoms with Gasteiger partial charge >= 0.3 is 0 Å². The van der Waals surface area contributed by atoms with Crippen LogP contribution in [0.25, 0.3) is 16.9 Å². The molecule has 1 fully saturated rings. The first kappa shape index (κ1) is 30.7. The highest BCUT2D eigenvalue weighted by Crippen LogP contribution is 2.29. The van der Waals surface area contributed by atoms with Crippen molar-refractivity contribution in [2.24, 2.45) is 5.92 Å². The Balaban J connectivity index is 0.00000405. The zero-order valence-electron chi connectivity index (χ0n) is 23.8. The Morgan fingerprint density at radius 3 is 2.57 bits per heavy atom. The van der Waals surface area contributed by atoms with Crippen LogP contribution >= 0.6 is 12.4 Å². The number of benzene rings is 2. The van der Waals surface area contributed by atoms with Crippen molar-refractivity contribution in [1.82, 2.24) is 29.9 Å². The summed E-state index contributed by atoms with van der Waals surface area (Å²) >= 11 is 0. The lowest BCUT2D eigenvalue weighted by molar-refractivity contribution is -0.126. The third-order valence-corrected chi connectivity index (χ3v) is 7.42. The number of amides is 2. The van der Waals surface area contributed by atoms with E-state index in [9.17, 15) is 14.0 Å². The van der Waals surface area contributed by atoms with Crippen molar-refractivity contribution in [3.63, 3.8) is 0 Å². The molecule has 0 saturated carbocycles. The van der Waals surface area contributed by atoms with Gasteiger partial charge in [-0.25, -0.2) is 14.4 Å². The van der Waals surface area contributed by atoms with Crippen LogP contribution in [0, 0.1) is 18.7 Å². The molecule has 1 saturated heterocycles. The Labute approximate surface area is 250 Å². The molecule has 2 aromatic carbocycles. The van der Waals surface area contributed by atoms with E-state index in [0.717, 1.165) is 17.8 Å². The summed E-state index contributed by atoms with van der Waals surface area (Å²) < 4.78 is 21.2. The highest BCUT2D eigenvalue weighted by molar-refractivity contribution is 5.96. The Kier molecular flexibility index (Phi) is 9.97. The second-order valence-electron chi connectivity index (χ2n) is 10.1. The lowest BCUT2D eigenvalue weighted by Gasteiger charge is -2.31. The summed E-state index contributed by atoms with van der Waals surface area (Å²) in [5.41, 5.74) is 4.17. The number of piperidine rings is 1. The monoisotopic (exact) mass is 595 g/mol. The van der Waals surface area contributed by atoms with Crippen molar-refractivity contribution < 1.29 is 18.7 Å². The fourth-order valence-corrected chi connectivity index (χ4v) is 5.13. The lowest BCUT2D eigenvalue weighted by atomic mass is 9.95. The molecule has 0 radical (unpaired) electrons. The molecule has 2 aromatic heterocycles. The van der Waals surface area contributed by atoms with Crippen LogP contribution in [0.4, 0.5) is 15.9 Å². The highest BCUT2D eigenvalue weighted by Gasteiger charge is 2.28. The van der Waals surface area contributed by atoms with Crippen LogP contribution in [0.1, 0.15) is 28.8 Å². The SMILES string of the molecule is CNCCNC(=O)C1CCN(C(=O)c2ccc(Nc3nccn4c(-c5ccc(OC)c(F)c5)cnc34)cc2C)CC1.Cl. The number of carbonyl (C=O) groups excluding carboxylic acids is 2. The normalized spacial score (nSPS) is 13.5. The van der Waals surface area contributed by atoms with Crippen LogP contribution in [0.15, 0.2) is 55.0 Å². The molecular weight excluding hydrogens is 561 g/mol. The van der Waals surface area contributed by atoms with E-state index in [1.165, 1.54) is 13.2 Å². The summed E-state index contributed by atoms with van der Waals surface area (Å²) in [5.74, 6) is 0.215. The van der Waals surface area contributed by atoms with Gasteiger partial charge in [0.05, 0.1) is 19.0 Å². The molecule has 222 valence electrons. The number of hydrogen-bond donors (Lipinski definition) is 3. The number of hydrogen-bond acceptors (Lipinski definition) is 7. The molecule has 0 unspecified atom stereocenters. The zero-order valence-corrected chi connectivity index (χ0v) is 24.6. The number of likely N-dealkylation sites (tertiary alicyclic amines) is 1. The maximum Gasteiger partial charge on any atom is 0.254 e. The predicted molar refractivity (Wildman–Crippen MR) is 162 cm³/mol. The summed E-state index contributed by atoms with van der Waals surface area (Å²) in [6.45, 7) is 4.33. The Morgan fingerprint density at radius 2 is 1.88 bits per heavy atom. The highest BCUT2D eigenvalue weighted by atomic mass is 35.5. The summed E-state index contributed by atoms with van der Waals surface area (Å²) in [6.07, 6.45) is 6.40. The van der Waals surface area contributed by atoms with Crippen molar-refractivity contribution in [1.29, 1.82) is 0 Å². The number of fused-ring (bicyclic) bond motifs is 1. The average Bonchev–Trinajstić information content (AvgIpc) is 3.42. The molecular formula is C30H35ClFN7O3. The number of nitrogens with zero attached hydrogens (tertiary/aromatic N) is 4. The topological polar surface area (TPSA) is 113 Å². The number of aromatic nitrogens is 3. The largest absolute Gasteiger partial charge is 0.494 e. The summed E-state index contributed by atoms with van der Waals surface area (Å²) in [5, 5.41) is 9.27. The Bertz CT molecular complexity index is 1570. The second kappa shape index (κ2) is 13.6. The van der Waals surface area contributed by atoms with Gasteiger partial charge in [-0.2, -0.15) is 0 Å². The minimum absolute atomic E-state index is 0. The Morgan fingerprint density at radius 1 is 1.10 bits per heavy atom. The molecule has 12 heteroatoms. The Hall–Kier alpha value is -4.22. The van der Waals surface area contributed by atoms with Gasteiger partial charge in [-0.1, -0.05) is 0 Å². The predicted octanol–water partition coefficient (Wildman–Crippen LogP) is 4.21. The number of anilines is 2. The number of imidazole rings is 1. The van der Waals surface area contributed by atoms with Crippen molar-refractivity contribution in [3.05, 3.63) is 71.9 Å². The van der Waals surface area contributed by atoms with Crippen molar-refractivity contribution in [3.8, 4) is 17.0 Å². The van der Waals surface area contributed by atoms with E-state index in [1.54, 1.807) is 30.7 Å². The summed E-state index contributed by atoms with van der Waals surface area (Å²) in [7, 11) is 3.28. The summed E-state index contributed by atoms with van der Waals surface area (Å²) in [4.78, 5) is 36.5. The van der Waals surface area contributed by atoms with E-state index < -0.39 is 5.82 Å². The average molecular weight is 596 g/mol. The van der Waals surface area contributed by atoms with E-state index in [1.807, 2.05) is 41.5 Å². The standard InChI is InChI=1S/C30H34FN7O3.ClH/c1-19-16-22(5-6-23(19)30(40)37-13-8-20(9-14-37)29(39)34-11-10-32-2)36-27-28-35-18-25(38(28)15-12-33-27)21-4-7-26(41-3)24(31)17-21;/h4-7,12,15-18,20,32H,8-11,13-14H2,1-3H3,(H,33,36)(H,34,39);1H. The number of likely N-dealkylation sites (N-methyl/N-ethyl adjacent to an activating group) is 1. The van der Waals surface area contributed by atoms with Crippen LogP contribution in [-0.4, -0.2) is 71.4 Å². The smallest absolute Gasteiger partial charge is 0.254 e. The number of nitrogens with one attached hydrogen (secondary N) is 3. The van der Waals surface area contributed by atoms with Crippen molar-refractivity contribution >= 4 is 41.4 Å². The van der Waals surface area contributed by atoms with Gasteiger partial charge < -0.3 is 25.6 Å². The second-order valence-corrected chi connectivity index (χ2v) is 10.1. The first-order valence-electron chi connectivity index (χ1n) is 13.6. The molecule has 10 nitrogen and oxygen atoms in total. The number of aryl methyl sites for hydroxylation is 1. The maximum absolute atomic E-state index is 14.3. The van der Waals surface area contributed by atoms with Crippen LogP contribution in [0.2, 0.25) is 0 Å². The minimum atomic E-state index is -0.451. The van der Waals surface area contributed by atoms with E-state index in [2.05, 4.69) is 25.9 Å². The van der Waals surface area contributed by atoms with Gasteiger partial charge in [0.1, 0.15) is 0 Å². The quantitative estimate of drug-likeness (QED) is 0.249. The fraction of sp³-hybridized carbons (Fsp3) is 0.333. The first-order valence-corrected chi connectivity index (χ1v) is 13.6. The zero-order chi connectivity index (χ0) is 28.9. The molecule has 0 atom stereocenters. The fourth-order valence-electron chi connectivity index (χ4n) is 5.13. The molecule has 3 N–H and O–H groups in total. The molecule has 1 aliphatic heterocycles. The third-order valence-electron chi connectivity index (χ3n) is 7.42. The molecule has 4 aromatic rings. The van der Waals surface area contributed by atoms with E-state index in [0.29, 0.717) is 60.8 Å². The molecule has 2 amide bonds. The first-order chi connectivity index (χ1) is 19.9. The van der Waals surface area contributed by atoms with Crippen molar-refractivity contribution in [2.75, 3.05) is 45.7 Å². The van der Waals surface area contributed by atoms with Gasteiger partial charge in [0, 0.05) is 61.3 Å². The van der Waals surface area contributed by atoms with Crippen molar-refractivity contribution in [2.45, 2.75) is 19.8 Å². The molecule has 0 aliphatic carbocycles. The van der Waals surface area contributed by atoms with Crippen LogP contribution in [-0.2, 0) is 4.79 Å². The van der Waals surface area contributed by atoms with Gasteiger partial charge in [0.25, 0.3) is 5.91 Å². The number of methoxy groups -OCH3 is 1. The van der Waals surface area contributed by atoms with Crippen LogP contribution < -0.4 is 20.7 Å². The van der Waals surface area contributed by atoms with Crippen LogP contribution in [0.3, 0.4) is 0 Å². The minimum Gasteiger partial charge on any atom is -0.494 e. The molecule has 42 heavy (non-hydrogen) atoms. The molecule has 0 spiro atoms. The maximum atomic E-state index is 14.3. The van der Waals surface area contributed by atoms with Gasteiger partial charge in [-0.15, -0.1) is 12.4 Å². The molecule has 5 rings (SSSR count). The van der Waals surface area contributed by atoms with Gasteiger partial charge in [-0.05, 0) is 68.8 Å². The molecule has 1 aliphatic rings.